The predicted octanol–water partition coefficient (Wildman–Crippen LogP) is 0.372. The number of hydrogen-bond donors (Lipinski definition) is 2. The van der Waals surface area contributed by atoms with Crippen LogP contribution in [-0.4, -0.2) is 41.7 Å². The largest absolute Gasteiger partial charge is 0.493 e. The van der Waals surface area contributed by atoms with Crippen LogP contribution >= 0.6 is 0 Å². The van der Waals surface area contributed by atoms with E-state index in [1.807, 2.05) is 0 Å². The quantitative estimate of drug-likeness (QED) is 0.826. The maximum atomic E-state index is 12.3. The molecule has 0 fully saturated rings. The molecule has 0 aliphatic heterocycles. The zero-order valence-corrected chi connectivity index (χ0v) is 11.4. The predicted molar refractivity (Wildman–Crippen MR) is 74.4 cm³/mol. The van der Waals surface area contributed by atoms with Gasteiger partial charge in [0, 0.05) is 11.6 Å². The molecule has 0 radical (unpaired) electrons. The van der Waals surface area contributed by atoms with E-state index in [-0.39, 0.29) is 12.1 Å². The molecule has 6 nitrogen and oxygen atoms in total. The minimum absolute atomic E-state index is 0.0413. The van der Waals surface area contributed by atoms with Gasteiger partial charge in [0.25, 0.3) is 5.56 Å². The van der Waals surface area contributed by atoms with E-state index in [1.54, 1.807) is 24.4 Å². The second-order valence-corrected chi connectivity index (χ2v) is 4.37. The van der Waals surface area contributed by atoms with Gasteiger partial charge in [0.1, 0.15) is 0 Å². The van der Waals surface area contributed by atoms with Crippen LogP contribution in [0.3, 0.4) is 0 Å². The number of fused-ring (bicyclic) bond motifs is 1. The van der Waals surface area contributed by atoms with E-state index in [0.29, 0.717) is 22.3 Å². The molecule has 1 aromatic heterocycles. The summed E-state index contributed by atoms with van der Waals surface area (Å²) in [5.74, 6) is 1.05. The van der Waals surface area contributed by atoms with Gasteiger partial charge >= 0.3 is 0 Å². The third-order valence-electron chi connectivity index (χ3n) is 3.11. The molecule has 2 aromatic rings. The van der Waals surface area contributed by atoms with Gasteiger partial charge in [-0.05, 0) is 18.2 Å². The smallest absolute Gasteiger partial charge is 0.258 e. The number of aromatic nitrogens is 1. The molecule has 20 heavy (non-hydrogen) atoms. The molecular formula is C14H17NO5. The maximum absolute atomic E-state index is 12.3. The van der Waals surface area contributed by atoms with Crippen LogP contribution in [0.2, 0.25) is 0 Å². The van der Waals surface area contributed by atoms with Crippen molar-refractivity contribution in [3.63, 3.8) is 0 Å². The highest BCUT2D eigenvalue weighted by Crippen LogP contribution is 2.33. The van der Waals surface area contributed by atoms with Crippen molar-refractivity contribution in [1.29, 1.82) is 0 Å². The van der Waals surface area contributed by atoms with Crippen molar-refractivity contribution in [2.75, 3.05) is 20.8 Å². The van der Waals surface area contributed by atoms with E-state index in [4.69, 9.17) is 14.6 Å². The van der Waals surface area contributed by atoms with Crippen molar-refractivity contribution in [2.24, 2.45) is 0 Å². The second kappa shape index (κ2) is 5.94. The van der Waals surface area contributed by atoms with Crippen LogP contribution in [0.15, 0.2) is 29.2 Å². The summed E-state index contributed by atoms with van der Waals surface area (Å²) in [6, 6.07) is 5.04. The molecule has 2 rings (SSSR count). The van der Waals surface area contributed by atoms with Crippen LogP contribution in [0.25, 0.3) is 10.8 Å². The monoisotopic (exact) mass is 279 g/mol. The number of nitrogens with zero attached hydrogens (tertiary/aromatic N) is 1. The zero-order chi connectivity index (χ0) is 14.7. The van der Waals surface area contributed by atoms with E-state index in [0.717, 1.165) is 0 Å². The van der Waals surface area contributed by atoms with E-state index in [2.05, 4.69) is 0 Å². The summed E-state index contributed by atoms with van der Waals surface area (Å²) < 4.78 is 11.8. The van der Waals surface area contributed by atoms with Gasteiger partial charge in [-0.25, -0.2) is 0 Å². The molecule has 6 heteroatoms. The summed E-state index contributed by atoms with van der Waals surface area (Å²) in [5, 5.41) is 19.4. The highest BCUT2D eigenvalue weighted by molar-refractivity contribution is 5.90. The number of pyridine rings is 1. The Labute approximate surface area is 115 Å². The lowest BCUT2D eigenvalue weighted by atomic mass is 10.1. The normalized spacial score (nSPS) is 12.4. The molecule has 2 N–H and O–H groups in total. The average molecular weight is 279 g/mol. The van der Waals surface area contributed by atoms with Crippen LogP contribution in [0.1, 0.15) is 0 Å². The van der Waals surface area contributed by atoms with Crippen LogP contribution in [0.5, 0.6) is 11.5 Å². The van der Waals surface area contributed by atoms with Gasteiger partial charge in [0.05, 0.1) is 38.9 Å². The first kappa shape index (κ1) is 14.4. The maximum Gasteiger partial charge on any atom is 0.258 e. The molecule has 1 heterocycles. The van der Waals surface area contributed by atoms with Gasteiger partial charge < -0.3 is 24.3 Å². The minimum atomic E-state index is -0.967. The van der Waals surface area contributed by atoms with Crippen LogP contribution < -0.4 is 15.0 Å². The molecule has 0 amide bonds. The van der Waals surface area contributed by atoms with Crippen molar-refractivity contribution in [1.82, 2.24) is 4.57 Å². The molecular weight excluding hydrogens is 262 g/mol. The second-order valence-electron chi connectivity index (χ2n) is 4.37. The first-order valence-electron chi connectivity index (χ1n) is 6.15. The summed E-state index contributed by atoms with van der Waals surface area (Å²) in [4.78, 5) is 12.3. The zero-order valence-electron chi connectivity index (χ0n) is 11.4. The Hall–Kier alpha value is -2.05. The van der Waals surface area contributed by atoms with Gasteiger partial charge in [-0.3, -0.25) is 4.79 Å². The SMILES string of the molecule is COc1ccc2c(=O)n(CC(O)CO)ccc2c1OC. The summed E-state index contributed by atoms with van der Waals surface area (Å²) >= 11 is 0. The molecule has 0 aliphatic rings. The Morgan fingerprint density at radius 2 is 1.95 bits per heavy atom. The molecule has 0 aliphatic carbocycles. The summed E-state index contributed by atoms with van der Waals surface area (Å²) in [7, 11) is 3.04. The Kier molecular flexibility index (Phi) is 4.26. The highest BCUT2D eigenvalue weighted by Gasteiger charge is 2.13. The Balaban J connectivity index is 2.60. The molecule has 0 bridgehead atoms. The highest BCUT2D eigenvalue weighted by atomic mass is 16.5. The van der Waals surface area contributed by atoms with E-state index < -0.39 is 12.7 Å². The molecule has 0 spiro atoms. The third kappa shape index (κ3) is 2.48. The number of aliphatic hydroxyl groups excluding tert-OH is 2. The van der Waals surface area contributed by atoms with Crippen molar-refractivity contribution in [3.8, 4) is 11.5 Å². The van der Waals surface area contributed by atoms with Crippen molar-refractivity contribution in [3.05, 3.63) is 34.7 Å². The Bertz CT molecular complexity index is 664. The van der Waals surface area contributed by atoms with Crippen molar-refractivity contribution >= 4 is 10.8 Å². The minimum Gasteiger partial charge on any atom is -0.493 e. The first-order valence-corrected chi connectivity index (χ1v) is 6.15. The lowest BCUT2D eigenvalue weighted by molar-refractivity contribution is 0.0805. The summed E-state index contributed by atoms with van der Waals surface area (Å²) in [6.45, 7) is -0.351. The molecule has 1 aromatic carbocycles. The lowest BCUT2D eigenvalue weighted by Crippen LogP contribution is -2.28. The standard InChI is InChI=1S/C14H17NO5/c1-19-12-4-3-11-10(13(12)20-2)5-6-15(14(11)18)7-9(17)8-16/h3-6,9,16-17H,7-8H2,1-2H3. The van der Waals surface area contributed by atoms with Crippen molar-refractivity contribution < 1.29 is 19.7 Å². The third-order valence-corrected chi connectivity index (χ3v) is 3.11. The number of aliphatic hydroxyl groups is 2. The number of ether oxygens (including phenoxy) is 2. The fourth-order valence-electron chi connectivity index (χ4n) is 2.12. The van der Waals surface area contributed by atoms with Gasteiger partial charge in [0.2, 0.25) is 0 Å². The number of hydrogen-bond acceptors (Lipinski definition) is 5. The van der Waals surface area contributed by atoms with E-state index in [1.165, 1.54) is 18.8 Å². The Morgan fingerprint density at radius 3 is 2.55 bits per heavy atom. The topological polar surface area (TPSA) is 80.9 Å². The first-order chi connectivity index (χ1) is 9.62. The van der Waals surface area contributed by atoms with Crippen LogP contribution in [-0.2, 0) is 6.54 Å². The number of methoxy groups -OCH3 is 2. The van der Waals surface area contributed by atoms with Crippen LogP contribution in [0, 0.1) is 0 Å². The van der Waals surface area contributed by atoms with Gasteiger partial charge in [-0.2, -0.15) is 0 Å². The van der Waals surface area contributed by atoms with Crippen molar-refractivity contribution in [2.45, 2.75) is 12.6 Å². The fourth-order valence-corrected chi connectivity index (χ4v) is 2.12. The van der Waals surface area contributed by atoms with Gasteiger partial charge in [-0.15, -0.1) is 0 Å². The molecule has 0 saturated heterocycles. The van der Waals surface area contributed by atoms with E-state index >= 15 is 0 Å². The molecule has 1 unspecified atom stereocenters. The van der Waals surface area contributed by atoms with Crippen LogP contribution in [0.4, 0.5) is 0 Å². The molecule has 1 atom stereocenters. The van der Waals surface area contributed by atoms with E-state index in [9.17, 15) is 9.90 Å². The number of benzene rings is 1. The lowest BCUT2D eigenvalue weighted by Gasteiger charge is -2.13. The van der Waals surface area contributed by atoms with Gasteiger partial charge in [0.15, 0.2) is 11.5 Å². The van der Waals surface area contributed by atoms with Gasteiger partial charge in [-0.1, -0.05) is 0 Å². The summed E-state index contributed by atoms with van der Waals surface area (Å²) in [6.07, 6.45) is 0.594. The molecule has 0 saturated carbocycles. The average Bonchev–Trinajstić information content (AvgIpc) is 2.48. The fraction of sp³-hybridized carbons (Fsp3) is 0.357. The summed E-state index contributed by atoms with van der Waals surface area (Å²) in [5.41, 5.74) is -0.254. The molecule has 108 valence electrons. The Morgan fingerprint density at radius 1 is 1.20 bits per heavy atom. The number of rotatable bonds is 5.